The summed E-state index contributed by atoms with van der Waals surface area (Å²) in [5, 5.41) is 0. The molecule has 0 spiro atoms. The van der Waals surface area contributed by atoms with Crippen LogP contribution in [0.25, 0.3) is 0 Å². The van der Waals surface area contributed by atoms with Crippen molar-refractivity contribution >= 4 is 21.8 Å². The molecule has 0 N–H and O–H groups in total. The quantitative estimate of drug-likeness (QED) is 0.688. The Morgan fingerprint density at radius 2 is 2.00 bits per heavy atom. The van der Waals surface area contributed by atoms with Crippen LogP contribution >= 0.6 is 15.9 Å². The molecule has 0 bridgehead atoms. The van der Waals surface area contributed by atoms with Crippen LogP contribution in [0.3, 0.4) is 0 Å². The van der Waals surface area contributed by atoms with Gasteiger partial charge >= 0.3 is 0 Å². The van der Waals surface area contributed by atoms with Crippen LogP contribution in [0.4, 0.5) is 0 Å². The molecule has 1 amide bonds. The van der Waals surface area contributed by atoms with Crippen molar-refractivity contribution in [2.45, 2.75) is 34.1 Å². The van der Waals surface area contributed by atoms with Gasteiger partial charge in [0.05, 0.1) is 0 Å². The van der Waals surface area contributed by atoms with Gasteiger partial charge in [0.2, 0.25) is 0 Å². The topological polar surface area (TPSA) is 20.3 Å². The number of carbonyl (C=O) groups excluding carboxylic acids is 1. The zero-order chi connectivity index (χ0) is 14.9. The Balaban J connectivity index is 2.17. The number of hydrogen-bond donors (Lipinski definition) is 0. The molecule has 0 atom stereocenters. The predicted octanol–water partition coefficient (Wildman–Crippen LogP) is 4.58. The van der Waals surface area contributed by atoms with Crippen LogP contribution in [0.5, 0.6) is 0 Å². The standard InChI is InChI=1S/C17H22BrNO/c1-12-14(6-5-7-15(12)18)16(20)19-10-8-13(9-11-19)17(2,3)4/h5-8H,9-11H2,1-4H3. The largest absolute Gasteiger partial charge is 0.335 e. The van der Waals surface area contributed by atoms with Gasteiger partial charge < -0.3 is 4.90 Å². The highest BCUT2D eigenvalue weighted by atomic mass is 79.9. The van der Waals surface area contributed by atoms with E-state index in [0.29, 0.717) is 0 Å². The van der Waals surface area contributed by atoms with Crippen molar-refractivity contribution < 1.29 is 4.79 Å². The van der Waals surface area contributed by atoms with E-state index in [4.69, 9.17) is 0 Å². The zero-order valence-electron chi connectivity index (χ0n) is 12.7. The maximum Gasteiger partial charge on any atom is 0.254 e. The van der Waals surface area contributed by atoms with Crippen LogP contribution in [0.2, 0.25) is 0 Å². The lowest BCUT2D eigenvalue weighted by Gasteiger charge is -2.32. The van der Waals surface area contributed by atoms with Crippen LogP contribution < -0.4 is 0 Å². The Morgan fingerprint density at radius 3 is 2.55 bits per heavy atom. The van der Waals surface area contributed by atoms with E-state index in [2.05, 4.69) is 42.8 Å². The van der Waals surface area contributed by atoms with Crippen molar-refractivity contribution in [2.75, 3.05) is 13.1 Å². The van der Waals surface area contributed by atoms with Crippen molar-refractivity contribution in [1.82, 2.24) is 4.90 Å². The SMILES string of the molecule is Cc1c(Br)cccc1C(=O)N1CC=C(C(C)(C)C)CC1. The molecule has 0 fully saturated rings. The van der Waals surface area contributed by atoms with E-state index in [1.807, 2.05) is 30.0 Å². The molecule has 1 aromatic rings. The molecule has 108 valence electrons. The van der Waals surface area contributed by atoms with Gasteiger partial charge in [-0.15, -0.1) is 0 Å². The number of rotatable bonds is 1. The summed E-state index contributed by atoms with van der Waals surface area (Å²) >= 11 is 3.49. The molecule has 2 rings (SSSR count). The van der Waals surface area contributed by atoms with Crippen LogP contribution in [-0.2, 0) is 0 Å². The molecule has 0 unspecified atom stereocenters. The van der Waals surface area contributed by atoms with E-state index in [9.17, 15) is 4.79 Å². The fourth-order valence-electron chi connectivity index (χ4n) is 2.54. The van der Waals surface area contributed by atoms with E-state index in [0.717, 1.165) is 35.1 Å². The summed E-state index contributed by atoms with van der Waals surface area (Å²) in [6.07, 6.45) is 3.19. The van der Waals surface area contributed by atoms with E-state index in [-0.39, 0.29) is 11.3 Å². The third-order valence-corrected chi connectivity index (χ3v) is 4.82. The molecule has 0 aromatic heterocycles. The summed E-state index contributed by atoms with van der Waals surface area (Å²) in [7, 11) is 0. The van der Waals surface area contributed by atoms with Gasteiger partial charge in [-0.1, -0.05) is 54.4 Å². The van der Waals surface area contributed by atoms with Crippen molar-refractivity contribution in [3.8, 4) is 0 Å². The molecule has 20 heavy (non-hydrogen) atoms. The summed E-state index contributed by atoms with van der Waals surface area (Å²) < 4.78 is 0.992. The normalized spacial score (nSPS) is 16.1. The van der Waals surface area contributed by atoms with Gasteiger partial charge in [0, 0.05) is 23.1 Å². The Hall–Kier alpha value is -1.09. The number of halogens is 1. The van der Waals surface area contributed by atoms with E-state index in [1.165, 1.54) is 5.57 Å². The second-order valence-electron chi connectivity index (χ2n) is 6.39. The minimum absolute atomic E-state index is 0.132. The Labute approximate surface area is 130 Å². The molecule has 2 nitrogen and oxygen atoms in total. The van der Waals surface area contributed by atoms with Crippen molar-refractivity contribution in [3.63, 3.8) is 0 Å². The lowest BCUT2D eigenvalue weighted by molar-refractivity contribution is 0.0764. The highest BCUT2D eigenvalue weighted by molar-refractivity contribution is 9.10. The van der Waals surface area contributed by atoms with Crippen LogP contribution in [0, 0.1) is 12.3 Å². The lowest BCUT2D eigenvalue weighted by Crippen LogP contribution is -2.36. The van der Waals surface area contributed by atoms with E-state index in [1.54, 1.807) is 0 Å². The van der Waals surface area contributed by atoms with Gasteiger partial charge in [0.15, 0.2) is 0 Å². The van der Waals surface area contributed by atoms with Gasteiger partial charge in [-0.3, -0.25) is 4.79 Å². The number of benzene rings is 1. The summed E-state index contributed by atoms with van der Waals surface area (Å²) in [6.45, 7) is 10.2. The van der Waals surface area contributed by atoms with Gasteiger partial charge in [-0.05, 0) is 36.5 Å². The lowest BCUT2D eigenvalue weighted by atomic mass is 9.83. The van der Waals surface area contributed by atoms with Crippen molar-refractivity contribution in [1.29, 1.82) is 0 Å². The van der Waals surface area contributed by atoms with Crippen LogP contribution in [0.1, 0.15) is 43.1 Å². The molecule has 3 heteroatoms. The summed E-state index contributed by atoms with van der Waals surface area (Å²) in [6, 6.07) is 5.80. The van der Waals surface area contributed by atoms with Crippen LogP contribution in [0.15, 0.2) is 34.3 Å². The summed E-state index contributed by atoms with van der Waals surface area (Å²) in [4.78, 5) is 14.5. The molecule has 1 aliphatic rings. The first-order chi connectivity index (χ1) is 9.30. The van der Waals surface area contributed by atoms with Crippen LogP contribution in [-0.4, -0.2) is 23.9 Å². The number of hydrogen-bond acceptors (Lipinski definition) is 1. The third kappa shape index (κ3) is 3.14. The fourth-order valence-corrected chi connectivity index (χ4v) is 2.91. The van der Waals surface area contributed by atoms with Gasteiger partial charge in [0.1, 0.15) is 0 Å². The van der Waals surface area contributed by atoms with Gasteiger partial charge in [-0.25, -0.2) is 0 Å². The molecular formula is C17H22BrNO. The smallest absolute Gasteiger partial charge is 0.254 e. The molecule has 1 aliphatic heterocycles. The second-order valence-corrected chi connectivity index (χ2v) is 7.25. The molecule has 1 aromatic carbocycles. The fraction of sp³-hybridized carbons (Fsp3) is 0.471. The summed E-state index contributed by atoms with van der Waals surface area (Å²) in [5.41, 5.74) is 3.48. The number of carbonyl (C=O) groups is 1. The average Bonchev–Trinajstić information content (AvgIpc) is 2.40. The Morgan fingerprint density at radius 1 is 1.30 bits per heavy atom. The highest BCUT2D eigenvalue weighted by Gasteiger charge is 2.25. The Kier molecular flexibility index (Phi) is 4.38. The van der Waals surface area contributed by atoms with E-state index >= 15 is 0 Å². The first kappa shape index (κ1) is 15.3. The maximum absolute atomic E-state index is 12.6. The number of nitrogens with zero attached hydrogens (tertiary/aromatic N) is 1. The second kappa shape index (κ2) is 5.72. The third-order valence-electron chi connectivity index (χ3n) is 3.96. The highest BCUT2D eigenvalue weighted by Crippen LogP contribution is 2.30. The van der Waals surface area contributed by atoms with Crippen molar-refractivity contribution in [2.24, 2.45) is 5.41 Å². The summed E-state index contributed by atoms with van der Waals surface area (Å²) in [5.74, 6) is 0.132. The predicted molar refractivity (Wildman–Crippen MR) is 86.9 cm³/mol. The molecule has 0 radical (unpaired) electrons. The van der Waals surface area contributed by atoms with Gasteiger partial charge in [-0.2, -0.15) is 0 Å². The molecule has 0 saturated carbocycles. The van der Waals surface area contributed by atoms with Gasteiger partial charge in [0.25, 0.3) is 5.91 Å². The molecule has 1 heterocycles. The van der Waals surface area contributed by atoms with Crippen molar-refractivity contribution in [3.05, 3.63) is 45.4 Å². The van der Waals surface area contributed by atoms with E-state index < -0.39 is 0 Å². The first-order valence-corrected chi connectivity index (χ1v) is 7.84. The average molecular weight is 336 g/mol. The monoisotopic (exact) mass is 335 g/mol. The minimum Gasteiger partial charge on any atom is -0.335 e. The number of amides is 1. The zero-order valence-corrected chi connectivity index (χ0v) is 14.3. The molecule has 0 aliphatic carbocycles. The molecule has 0 saturated heterocycles. The maximum atomic E-state index is 12.6. The minimum atomic E-state index is 0.132. The molecular weight excluding hydrogens is 314 g/mol. The first-order valence-electron chi connectivity index (χ1n) is 7.04. The Bertz CT molecular complexity index is 555.